The minimum atomic E-state index is -1.03. The molecule has 0 aliphatic rings. The molecule has 0 atom stereocenters. The molecule has 28 heavy (non-hydrogen) atoms. The number of rotatable bonds is 3. The molecule has 3 rings (SSSR count). The molecule has 0 unspecified atom stereocenters. The molecule has 0 aliphatic heterocycles. The van der Waals surface area contributed by atoms with Crippen LogP contribution in [0.5, 0.6) is 0 Å². The topological polar surface area (TPSA) is 109 Å². The molecule has 1 aromatic carbocycles. The molecule has 138 valence electrons. The van der Waals surface area contributed by atoms with Crippen LogP contribution in [-0.4, -0.2) is 27.1 Å². The first-order chi connectivity index (χ1) is 13.4. The highest BCUT2D eigenvalue weighted by molar-refractivity contribution is 6.29. The minimum Gasteiger partial charge on any atom is -0.478 e. The number of hydrogen-bond acceptors (Lipinski definition) is 4. The van der Waals surface area contributed by atoms with Gasteiger partial charge in [-0.2, -0.15) is 0 Å². The maximum atomic E-state index is 12.0. The Hall–Kier alpha value is -3.89. The van der Waals surface area contributed by atoms with Gasteiger partial charge in [0.25, 0.3) is 0 Å². The summed E-state index contributed by atoms with van der Waals surface area (Å²) in [6.45, 7) is 0. The van der Waals surface area contributed by atoms with E-state index >= 15 is 0 Å². The first-order valence-corrected chi connectivity index (χ1v) is 8.34. The van der Waals surface area contributed by atoms with Crippen molar-refractivity contribution in [2.24, 2.45) is 5.73 Å². The van der Waals surface area contributed by atoms with Crippen molar-refractivity contribution < 1.29 is 14.7 Å². The number of pyridine rings is 2. The number of carboxylic acid groups (broad SMARTS) is 1. The number of nitrogens with two attached hydrogens (primary N) is 1. The number of carboxylic acids is 1. The molecule has 0 spiro atoms. The van der Waals surface area contributed by atoms with E-state index in [0.29, 0.717) is 22.6 Å². The first kappa shape index (κ1) is 18.9. The van der Waals surface area contributed by atoms with Gasteiger partial charge in [-0.25, -0.2) is 19.6 Å². The van der Waals surface area contributed by atoms with E-state index in [9.17, 15) is 9.59 Å². The zero-order chi connectivity index (χ0) is 20.1. The van der Waals surface area contributed by atoms with E-state index in [1.807, 2.05) is 0 Å². The Morgan fingerprint density at radius 1 is 1.00 bits per heavy atom. The summed E-state index contributed by atoms with van der Waals surface area (Å²) in [7, 11) is 0. The summed E-state index contributed by atoms with van der Waals surface area (Å²) in [6.07, 6.45) is 2.96. The number of amides is 2. The third-order valence-corrected chi connectivity index (χ3v) is 3.84. The van der Waals surface area contributed by atoms with Crippen LogP contribution in [0.25, 0.3) is 0 Å². The number of primary amides is 1. The lowest BCUT2D eigenvalue weighted by Gasteiger charge is -2.20. The van der Waals surface area contributed by atoms with E-state index < -0.39 is 12.0 Å². The molecule has 8 heteroatoms. The van der Waals surface area contributed by atoms with Crippen LogP contribution in [0.1, 0.15) is 21.6 Å². The van der Waals surface area contributed by atoms with Gasteiger partial charge in [-0.15, -0.1) is 0 Å². The molecule has 0 saturated heterocycles. The monoisotopic (exact) mass is 392 g/mol. The second kappa shape index (κ2) is 8.20. The summed E-state index contributed by atoms with van der Waals surface area (Å²) in [4.78, 5) is 32.3. The van der Waals surface area contributed by atoms with Crippen LogP contribution in [0.15, 0.2) is 60.9 Å². The molecule has 0 fully saturated rings. The SMILES string of the molecule is NC(=O)N(c1ccnc(Cl)c1)c1ccnc(C#Cc2cccc(C(=O)O)c2)c1. The van der Waals surface area contributed by atoms with Gasteiger partial charge in [0.1, 0.15) is 10.8 Å². The molecule has 0 bridgehead atoms. The zero-order valence-corrected chi connectivity index (χ0v) is 15.1. The lowest BCUT2D eigenvalue weighted by molar-refractivity contribution is 0.0697. The van der Waals surface area contributed by atoms with Gasteiger partial charge in [0.15, 0.2) is 0 Å². The Morgan fingerprint density at radius 3 is 2.39 bits per heavy atom. The summed E-state index contributed by atoms with van der Waals surface area (Å²) in [5, 5.41) is 9.27. The van der Waals surface area contributed by atoms with E-state index in [0.717, 1.165) is 0 Å². The van der Waals surface area contributed by atoms with Gasteiger partial charge in [-0.1, -0.05) is 23.6 Å². The van der Waals surface area contributed by atoms with E-state index in [-0.39, 0.29) is 10.7 Å². The third kappa shape index (κ3) is 4.44. The number of halogens is 1. The molecule has 2 aromatic heterocycles. The second-order valence-electron chi connectivity index (χ2n) is 5.55. The normalized spacial score (nSPS) is 9.89. The van der Waals surface area contributed by atoms with E-state index in [1.54, 1.807) is 30.3 Å². The quantitative estimate of drug-likeness (QED) is 0.524. The van der Waals surface area contributed by atoms with Crippen LogP contribution in [0.2, 0.25) is 5.15 Å². The van der Waals surface area contributed by atoms with Crippen LogP contribution in [0.3, 0.4) is 0 Å². The van der Waals surface area contributed by atoms with Crippen molar-refractivity contribution in [3.05, 3.63) is 82.9 Å². The highest BCUT2D eigenvalue weighted by Crippen LogP contribution is 2.26. The molecule has 3 N–H and O–H groups in total. The van der Waals surface area contributed by atoms with Gasteiger partial charge in [-0.3, -0.25) is 4.90 Å². The maximum Gasteiger partial charge on any atom is 0.335 e. The first-order valence-electron chi connectivity index (χ1n) is 7.96. The molecule has 2 heterocycles. The summed E-state index contributed by atoms with van der Waals surface area (Å²) < 4.78 is 0. The van der Waals surface area contributed by atoms with E-state index in [4.69, 9.17) is 22.4 Å². The Morgan fingerprint density at radius 2 is 1.71 bits per heavy atom. The number of anilines is 2. The van der Waals surface area contributed by atoms with Crippen LogP contribution in [0.4, 0.5) is 16.2 Å². The molecule has 0 radical (unpaired) electrons. The van der Waals surface area contributed by atoms with E-state index in [1.165, 1.54) is 35.5 Å². The molecule has 7 nitrogen and oxygen atoms in total. The van der Waals surface area contributed by atoms with Crippen molar-refractivity contribution >= 4 is 35.0 Å². The lowest BCUT2D eigenvalue weighted by Crippen LogP contribution is -2.31. The molecule has 2 amide bonds. The van der Waals surface area contributed by atoms with Crippen LogP contribution in [-0.2, 0) is 0 Å². The number of aromatic nitrogens is 2. The van der Waals surface area contributed by atoms with Gasteiger partial charge in [0.05, 0.1) is 16.9 Å². The fourth-order valence-corrected chi connectivity index (χ4v) is 2.60. The van der Waals surface area contributed by atoms with E-state index in [2.05, 4.69) is 21.8 Å². The van der Waals surface area contributed by atoms with Crippen LogP contribution in [0, 0.1) is 11.8 Å². The number of nitrogens with zero attached hydrogens (tertiary/aromatic N) is 3. The molecular weight excluding hydrogens is 380 g/mol. The van der Waals surface area contributed by atoms with Crippen molar-refractivity contribution in [2.45, 2.75) is 0 Å². The smallest absolute Gasteiger partial charge is 0.335 e. The van der Waals surface area contributed by atoms with Crippen molar-refractivity contribution in [3.63, 3.8) is 0 Å². The number of benzene rings is 1. The maximum absolute atomic E-state index is 12.0. The van der Waals surface area contributed by atoms with Crippen molar-refractivity contribution in [1.82, 2.24) is 9.97 Å². The number of hydrogen-bond donors (Lipinski definition) is 2. The van der Waals surface area contributed by atoms with Gasteiger partial charge >= 0.3 is 12.0 Å². The van der Waals surface area contributed by atoms with Crippen molar-refractivity contribution in [1.29, 1.82) is 0 Å². The van der Waals surface area contributed by atoms with Gasteiger partial charge < -0.3 is 10.8 Å². The van der Waals surface area contributed by atoms with Gasteiger partial charge in [0.2, 0.25) is 0 Å². The fraction of sp³-hybridized carbons (Fsp3) is 0. The number of aromatic carboxylic acids is 1. The predicted octanol–water partition coefficient (Wildman–Crippen LogP) is 3.44. The number of carbonyl (C=O) groups is 2. The molecule has 0 saturated carbocycles. The summed E-state index contributed by atoms with van der Waals surface area (Å²) in [6, 6.07) is 11.8. The average molecular weight is 393 g/mol. The third-order valence-electron chi connectivity index (χ3n) is 3.63. The Bertz CT molecular complexity index is 1120. The lowest BCUT2D eigenvalue weighted by atomic mass is 10.1. The van der Waals surface area contributed by atoms with Crippen molar-refractivity contribution in [3.8, 4) is 11.8 Å². The zero-order valence-electron chi connectivity index (χ0n) is 14.3. The number of urea groups is 1. The minimum absolute atomic E-state index is 0.142. The van der Waals surface area contributed by atoms with Gasteiger partial charge in [0, 0.05) is 18.0 Å². The van der Waals surface area contributed by atoms with Crippen molar-refractivity contribution in [2.75, 3.05) is 4.90 Å². The Labute approximate surface area is 165 Å². The summed E-state index contributed by atoms with van der Waals surface area (Å²) in [5.74, 6) is 4.68. The molecule has 0 aliphatic carbocycles. The average Bonchev–Trinajstić information content (AvgIpc) is 2.67. The Kier molecular flexibility index (Phi) is 5.53. The summed E-state index contributed by atoms with van der Waals surface area (Å²) in [5.41, 5.74) is 7.47. The Balaban J connectivity index is 1.95. The van der Waals surface area contributed by atoms with Crippen LogP contribution < -0.4 is 10.6 Å². The molecular formula is C20H13ClN4O3. The highest BCUT2D eigenvalue weighted by atomic mass is 35.5. The highest BCUT2D eigenvalue weighted by Gasteiger charge is 2.16. The summed E-state index contributed by atoms with van der Waals surface area (Å²) >= 11 is 5.90. The van der Waals surface area contributed by atoms with Gasteiger partial charge in [-0.05, 0) is 48.4 Å². The largest absolute Gasteiger partial charge is 0.478 e. The second-order valence-corrected chi connectivity index (χ2v) is 5.93. The standard InChI is InChI=1S/C20H13ClN4O3/c21-18-12-17(7-9-24-18)25(20(22)28)16-6-8-23-15(11-16)5-4-13-2-1-3-14(10-13)19(26)27/h1-3,6-12H,(H2,22,28)(H,26,27). The van der Waals surface area contributed by atoms with Crippen LogP contribution >= 0.6 is 11.6 Å². The fourth-order valence-electron chi connectivity index (χ4n) is 2.43. The number of carbonyl (C=O) groups excluding carboxylic acids is 1. The predicted molar refractivity (Wildman–Crippen MR) is 105 cm³/mol. The molecule has 3 aromatic rings.